The molecule has 0 bridgehead atoms. The van der Waals surface area contributed by atoms with Gasteiger partial charge >= 0.3 is 0 Å². The van der Waals surface area contributed by atoms with E-state index < -0.39 is 0 Å². The number of hydrogen-bond acceptors (Lipinski definition) is 4. The average molecular weight is 448 g/mol. The standard InChI is InChI=1S/C22H23ClFN3O2S/c1-14(2)9-10-27-21(29)18-8-5-16(23)11-19(18)26-22(27)30-13-20(28)25-12-15-3-6-17(24)7-4-15/h3-8,11,14H,9-10,12-13H2,1-2H3,(H,25,28). The van der Waals surface area contributed by atoms with E-state index in [-0.39, 0.29) is 23.0 Å². The Morgan fingerprint density at radius 2 is 1.97 bits per heavy atom. The fraction of sp³-hybridized carbons (Fsp3) is 0.318. The van der Waals surface area contributed by atoms with E-state index >= 15 is 0 Å². The van der Waals surface area contributed by atoms with E-state index in [1.165, 1.54) is 23.9 Å². The molecule has 1 aromatic heterocycles. The highest BCUT2D eigenvalue weighted by atomic mass is 35.5. The number of nitrogens with one attached hydrogen (secondary N) is 1. The van der Waals surface area contributed by atoms with Crippen LogP contribution < -0.4 is 10.9 Å². The molecule has 0 radical (unpaired) electrons. The lowest BCUT2D eigenvalue weighted by atomic mass is 10.1. The Balaban J connectivity index is 1.75. The molecule has 3 rings (SSSR count). The molecule has 0 saturated carbocycles. The number of hydrogen-bond donors (Lipinski definition) is 1. The topological polar surface area (TPSA) is 64.0 Å². The van der Waals surface area contributed by atoms with Crippen LogP contribution in [-0.4, -0.2) is 21.2 Å². The zero-order chi connectivity index (χ0) is 21.7. The zero-order valence-corrected chi connectivity index (χ0v) is 18.4. The lowest BCUT2D eigenvalue weighted by Crippen LogP contribution is -2.27. The van der Waals surface area contributed by atoms with E-state index in [2.05, 4.69) is 24.1 Å². The molecule has 2 aromatic carbocycles. The summed E-state index contributed by atoms with van der Waals surface area (Å²) in [5.74, 6) is 0.0267. The SMILES string of the molecule is CC(C)CCn1c(SCC(=O)NCc2ccc(F)cc2)nc2cc(Cl)ccc2c1=O. The second-order valence-electron chi connectivity index (χ2n) is 7.39. The third-order valence-corrected chi connectivity index (χ3v) is 5.76. The molecular weight excluding hydrogens is 425 g/mol. The minimum atomic E-state index is -0.317. The molecule has 0 aliphatic rings. The maximum Gasteiger partial charge on any atom is 0.262 e. The quantitative estimate of drug-likeness (QED) is 0.403. The van der Waals surface area contributed by atoms with Crippen molar-refractivity contribution < 1.29 is 9.18 Å². The smallest absolute Gasteiger partial charge is 0.262 e. The first-order valence-electron chi connectivity index (χ1n) is 9.67. The van der Waals surface area contributed by atoms with Gasteiger partial charge in [-0.1, -0.05) is 49.3 Å². The fourth-order valence-corrected chi connectivity index (χ4v) is 3.87. The predicted octanol–water partition coefficient (Wildman–Crippen LogP) is 4.64. The van der Waals surface area contributed by atoms with Gasteiger partial charge in [-0.3, -0.25) is 14.2 Å². The molecule has 158 valence electrons. The molecule has 30 heavy (non-hydrogen) atoms. The van der Waals surface area contributed by atoms with Gasteiger partial charge in [-0.2, -0.15) is 0 Å². The van der Waals surface area contributed by atoms with Gasteiger partial charge in [0.05, 0.1) is 16.7 Å². The van der Waals surface area contributed by atoms with Gasteiger partial charge < -0.3 is 5.32 Å². The Labute approximate surface area is 183 Å². The highest BCUT2D eigenvalue weighted by Gasteiger charge is 2.14. The molecule has 0 saturated heterocycles. The maximum absolute atomic E-state index is 13.0. The Morgan fingerprint density at radius 1 is 1.23 bits per heavy atom. The van der Waals surface area contributed by atoms with Crippen molar-refractivity contribution >= 4 is 40.2 Å². The molecule has 0 aliphatic carbocycles. The number of aromatic nitrogens is 2. The van der Waals surface area contributed by atoms with Crippen molar-refractivity contribution in [1.82, 2.24) is 14.9 Å². The molecular formula is C22H23ClFN3O2S. The first-order chi connectivity index (χ1) is 14.3. The van der Waals surface area contributed by atoms with Crippen LogP contribution in [0.15, 0.2) is 52.4 Å². The summed E-state index contributed by atoms with van der Waals surface area (Å²) < 4.78 is 14.6. The molecule has 8 heteroatoms. The Kier molecular flexibility index (Phi) is 7.50. The number of thioether (sulfide) groups is 1. The van der Waals surface area contributed by atoms with Crippen LogP contribution in [0.1, 0.15) is 25.8 Å². The van der Waals surface area contributed by atoms with Gasteiger partial charge in [-0.15, -0.1) is 0 Å². The number of nitrogens with zero attached hydrogens (tertiary/aromatic N) is 2. The molecule has 5 nitrogen and oxygen atoms in total. The molecule has 0 unspecified atom stereocenters. The van der Waals surface area contributed by atoms with E-state index in [0.29, 0.717) is 40.1 Å². The minimum absolute atomic E-state index is 0.112. The Morgan fingerprint density at radius 3 is 2.67 bits per heavy atom. The summed E-state index contributed by atoms with van der Waals surface area (Å²) in [7, 11) is 0. The third-order valence-electron chi connectivity index (χ3n) is 4.55. The van der Waals surface area contributed by atoms with Crippen molar-refractivity contribution in [2.75, 3.05) is 5.75 Å². The van der Waals surface area contributed by atoms with Crippen molar-refractivity contribution in [2.45, 2.75) is 38.5 Å². The van der Waals surface area contributed by atoms with Crippen molar-refractivity contribution in [3.8, 4) is 0 Å². The van der Waals surface area contributed by atoms with Crippen LogP contribution in [0.3, 0.4) is 0 Å². The van der Waals surface area contributed by atoms with E-state index in [9.17, 15) is 14.0 Å². The normalized spacial score (nSPS) is 11.2. The summed E-state index contributed by atoms with van der Waals surface area (Å²) in [6.07, 6.45) is 0.824. The number of carbonyl (C=O) groups is 1. The number of amides is 1. The van der Waals surface area contributed by atoms with Gasteiger partial charge in [0.25, 0.3) is 5.56 Å². The lowest BCUT2D eigenvalue weighted by Gasteiger charge is -2.14. The van der Waals surface area contributed by atoms with Gasteiger partial charge in [0.2, 0.25) is 5.91 Å². The monoisotopic (exact) mass is 447 g/mol. The van der Waals surface area contributed by atoms with Gasteiger partial charge in [0.1, 0.15) is 5.82 Å². The summed E-state index contributed by atoms with van der Waals surface area (Å²) in [6.45, 7) is 5.02. The molecule has 3 aromatic rings. The Bertz CT molecular complexity index is 1100. The van der Waals surface area contributed by atoms with E-state index in [4.69, 9.17) is 11.6 Å². The summed E-state index contributed by atoms with van der Waals surface area (Å²) in [6, 6.07) is 11.0. The van der Waals surface area contributed by atoms with Crippen molar-refractivity contribution in [3.63, 3.8) is 0 Å². The van der Waals surface area contributed by atoms with Crippen molar-refractivity contribution in [3.05, 3.63) is 69.2 Å². The van der Waals surface area contributed by atoms with Crippen LogP contribution in [-0.2, 0) is 17.9 Å². The second kappa shape index (κ2) is 10.1. The maximum atomic E-state index is 13.0. The second-order valence-corrected chi connectivity index (χ2v) is 8.77. The van der Waals surface area contributed by atoms with Crippen LogP contribution in [0, 0.1) is 11.7 Å². The summed E-state index contributed by atoms with van der Waals surface area (Å²) in [5.41, 5.74) is 1.19. The van der Waals surface area contributed by atoms with Gasteiger partial charge in [-0.25, -0.2) is 9.37 Å². The number of halogens is 2. The van der Waals surface area contributed by atoms with Gasteiger partial charge in [-0.05, 0) is 48.2 Å². The molecule has 1 N–H and O–H groups in total. The number of carbonyl (C=O) groups excluding carboxylic acids is 1. The highest BCUT2D eigenvalue weighted by Crippen LogP contribution is 2.21. The number of benzene rings is 2. The molecule has 1 heterocycles. The summed E-state index contributed by atoms with van der Waals surface area (Å²) in [5, 5.41) is 4.30. The number of fused-ring (bicyclic) bond motifs is 1. The third kappa shape index (κ3) is 5.83. The van der Waals surface area contributed by atoms with Crippen LogP contribution in [0.25, 0.3) is 10.9 Å². The zero-order valence-electron chi connectivity index (χ0n) is 16.8. The molecule has 0 spiro atoms. The largest absolute Gasteiger partial charge is 0.351 e. The molecule has 1 amide bonds. The number of rotatable bonds is 8. The first-order valence-corrected chi connectivity index (χ1v) is 11.0. The molecule has 0 fully saturated rings. The summed E-state index contributed by atoms with van der Waals surface area (Å²) in [4.78, 5) is 29.9. The average Bonchev–Trinajstić information content (AvgIpc) is 2.70. The van der Waals surface area contributed by atoms with Crippen molar-refractivity contribution in [2.24, 2.45) is 5.92 Å². The van der Waals surface area contributed by atoms with Gasteiger partial charge in [0.15, 0.2) is 5.16 Å². The van der Waals surface area contributed by atoms with Crippen molar-refractivity contribution in [1.29, 1.82) is 0 Å². The van der Waals surface area contributed by atoms with Crippen LogP contribution in [0.5, 0.6) is 0 Å². The first kappa shape index (κ1) is 22.3. The predicted molar refractivity (Wildman–Crippen MR) is 119 cm³/mol. The Hall–Kier alpha value is -2.38. The highest BCUT2D eigenvalue weighted by molar-refractivity contribution is 7.99. The molecule has 0 atom stereocenters. The fourth-order valence-electron chi connectivity index (χ4n) is 2.85. The lowest BCUT2D eigenvalue weighted by molar-refractivity contribution is -0.118. The van der Waals surface area contributed by atoms with E-state index in [1.807, 2.05) is 0 Å². The van der Waals surface area contributed by atoms with Gasteiger partial charge in [0, 0.05) is 18.1 Å². The minimum Gasteiger partial charge on any atom is -0.351 e. The molecule has 0 aliphatic heterocycles. The van der Waals surface area contributed by atoms with Crippen LogP contribution in [0.2, 0.25) is 5.02 Å². The van der Waals surface area contributed by atoms with Crippen LogP contribution in [0.4, 0.5) is 4.39 Å². The van der Waals surface area contributed by atoms with Crippen LogP contribution >= 0.6 is 23.4 Å². The van der Waals surface area contributed by atoms with E-state index in [0.717, 1.165) is 12.0 Å². The van der Waals surface area contributed by atoms with E-state index in [1.54, 1.807) is 34.9 Å². The summed E-state index contributed by atoms with van der Waals surface area (Å²) >= 11 is 7.28.